The third-order valence-corrected chi connectivity index (χ3v) is 3.12. The van der Waals surface area contributed by atoms with E-state index in [1.54, 1.807) is 6.07 Å². The Morgan fingerprint density at radius 1 is 1.44 bits per heavy atom. The number of non-ortho nitro benzene ring substituents is 1. The summed E-state index contributed by atoms with van der Waals surface area (Å²) in [4.78, 5) is 21.6. The predicted octanol–water partition coefficient (Wildman–Crippen LogP) is 3.46. The first-order chi connectivity index (χ1) is 8.54. The van der Waals surface area contributed by atoms with Gasteiger partial charge in [0.15, 0.2) is 0 Å². The third kappa shape index (κ3) is 3.19. The number of hydrogen-bond donors (Lipinski definition) is 1. The summed E-state index contributed by atoms with van der Waals surface area (Å²) in [5.74, 6) is 0. The smallest absolute Gasteiger partial charge is 0.411 e. The van der Waals surface area contributed by atoms with Crippen LogP contribution in [0.5, 0.6) is 0 Å². The van der Waals surface area contributed by atoms with Gasteiger partial charge in [-0.05, 0) is 25.3 Å². The van der Waals surface area contributed by atoms with Gasteiger partial charge in [0.05, 0.1) is 10.6 Å². The molecule has 1 amide bonds. The zero-order valence-corrected chi connectivity index (χ0v) is 11.0. The lowest BCUT2D eigenvalue weighted by molar-refractivity contribution is -0.384. The van der Waals surface area contributed by atoms with Crippen LogP contribution in [0.25, 0.3) is 0 Å². The Labute approximate surface area is 112 Å². The van der Waals surface area contributed by atoms with Crippen LogP contribution in [-0.4, -0.2) is 17.1 Å². The molecule has 0 unspecified atom stereocenters. The molecule has 0 aliphatic heterocycles. The molecule has 0 aromatic heterocycles. The lowest BCUT2D eigenvalue weighted by Crippen LogP contribution is -2.27. The maximum atomic E-state index is 11.5. The largest absolute Gasteiger partial charge is 0.446 e. The first-order valence-electron chi connectivity index (χ1n) is 5.47. The van der Waals surface area contributed by atoms with Gasteiger partial charge in [-0.2, -0.15) is 0 Å². The molecule has 0 heterocycles. The van der Waals surface area contributed by atoms with Crippen LogP contribution in [-0.2, 0) is 4.74 Å². The average molecular weight is 315 g/mol. The van der Waals surface area contributed by atoms with Crippen molar-refractivity contribution in [1.82, 2.24) is 0 Å². The van der Waals surface area contributed by atoms with Crippen LogP contribution >= 0.6 is 15.9 Å². The Balaban J connectivity index is 2.03. The third-order valence-electron chi connectivity index (χ3n) is 2.67. The second kappa shape index (κ2) is 5.34. The number of benzene rings is 1. The van der Waals surface area contributed by atoms with Gasteiger partial charge in [-0.15, -0.1) is 0 Å². The number of nitrogens with zero attached hydrogens (tertiary/aromatic N) is 1. The Morgan fingerprint density at radius 3 is 2.72 bits per heavy atom. The molecule has 0 saturated heterocycles. The Hall–Kier alpha value is -1.63. The molecular weight excluding hydrogens is 304 g/mol. The second-order valence-electron chi connectivity index (χ2n) is 4.04. The summed E-state index contributed by atoms with van der Waals surface area (Å²) in [6.45, 7) is 0. The normalized spacial score (nSPS) is 14.7. The number of nitro benzene ring substituents is 1. The van der Waals surface area contributed by atoms with Crippen LogP contribution in [0.15, 0.2) is 22.7 Å². The molecule has 1 aromatic carbocycles. The number of nitrogens with one attached hydrogen (secondary N) is 1. The van der Waals surface area contributed by atoms with Crippen molar-refractivity contribution in [3.8, 4) is 0 Å². The van der Waals surface area contributed by atoms with Crippen molar-refractivity contribution in [2.45, 2.75) is 25.4 Å². The molecule has 1 N–H and O–H groups in total. The van der Waals surface area contributed by atoms with Crippen LogP contribution in [0.4, 0.5) is 16.2 Å². The highest BCUT2D eigenvalue weighted by atomic mass is 79.9. The lowest BCUT2D eigenvalue weighted by atomic mass is 9.96. The van der Waals surface area contributed by atoms with Gasteiger partial charge in [-0.1, -0.05) is 15.9 Å². The van der Waals surface area contributed by atoms with Gasteiger partial charge in [-0.3, -0.25) is 15.4 Å². The summed E-state index contributed by atoms with van der Waals surface area (Å²) >= 11 is 3.15. The summed E-state index contributed by atoms with van der Waals surface area (Å²) in [5, 5.41) is 13.1. The van der Waals surface area contributed by atoms with Gasteiger partial charge in [0.2, 0.25) is 0 Å². The quantitative estimate of drug-likeness (QED) is 0.684. The van der Waals surface area contributed by atoms with E-state index < -0.39 is 11.0 Å². The van der Waals surface area contributed by atoms with E-state index in [1.807, 2.05) is 0 Å². The highest BCUT2D eigenvalue weighted by molar-refractivity contribution is 9.10. The topological polar surface area (TPSA) is 81.5 Å². The van der Waals surface area contributed by atoms with Gasteiger partial charge < -0.3 is 4.74 Å². The zero-order chi connectivity index (χ0) is 13.1. The maximum absolute atomic E-state index is 11.5. The minimum absolute atomic E-state index is 0.0212. The van der Waals surface area contributed by atoms with Crippen LogP contribution in [0, 0.1) is 10.1 Å². The SMILES string of the molecule is O=C(Nc1cc(Br)cc([N+](=O)[O-])c1)OC1CCC1. The Bertz CT molecular complexity index is 488. The number of carbonyl (C=O) groups is 1. The predicted molar refractivity (Wildman–Crippen MR) is 68.5 cm³/mol. The van der Waals surface area contributed by atoms with Crippen molar-refractivity contribution in [3.05, 3.63) is 32.8 Å². The minimum atomic E-state index is -0.577. The molecule has 1 aliphatic rings. The first kappa shape index (κ1) is 12.8. The van der Waals surface area contributed by atoms with Crippen molar-refractivity contribution in [3.63, 3.8) is 0 Å². The monoisotopic (exact) mass is 314 g/mol. The fourth-order valence-electron chi connectivity index (χ4n) is 1.54. The van der Waals surface area contributed by atoms with E-state index in [0.29, 0.717) is 10.2 Å². The summed E-state index contributed by atoms with van der Waals surface area (Å²) < 4.78 is 5.62. The minimum Gasteiger partial charge on any atom is -0.446 e. The number of carbonyl (C=O) groups excluding carboxylic acids is 1. The number of hydrogen-bond acceptors (Lipinski definition) is 4. The molecule has 0 radical (unpaired) electrons. The lowest BCUT2D eigenvalue weighted by Gasteiger charge is -2.25. The van der Waals surface area contributed by atoms with Crippen LogP contribution in [0.2, 0.25) is 0 Å². The van der Waals surface area contributed by atoms with E-state index in [0.717, 1.165) is 19.3 Å². The van der Waals surface area contributed by atoms with Crippen LogP contribution < -0.4 is 5.32 Å². The number of halogens is 1. The summed E-state index contributed by atoms with van der Waals surface area (Å²) in [7, 11) is 0. The van der Waals surface area contributed by atoms with Crippen molar-refractivity contribution in [2.75, 3.05) is 5.32 Å². The summed E-state index contributed by atoms with van der Waals surface area (Å²) in [6, 6.07) is 4.23. The summed E-state index contributed by atoms with van der Waals surface area (Å²) in [6.07, 6.45) is 2.23. The molecule has 7 heteroatoms. The molecule has 1 aromatic rings. The van der Waals surface area contributed by atoms with Gasteiger partial charge in [-0.25, -0.2) is 4.79 Å². The number of amides is 1. The maximum Gasteiger partial charge on any atom is 0.411 e. The number of nitro groups is 1. The van der Waals surface area contributed by atoms with E-state index in [-0.39, 0.29) is 11.8 Å². The Kier molecular flexibility index (Phi) is 3.81. The van der Waals surface area contributed by atoms with E-state index >= 15 is 0 Å². The first-order valence-corrected chi connectivity index (χ1v) is 6.26. The van der Waals surface area contributed by atoms with Crippen molar-refractivity contribution in [1.29, 1.82) is 0 Å². The fourth-order valence-corrected chi connectivity index (χ4v) is 2.02. The second-order valence-corrected chi connectivity index (χ2v) is 4.95. The number of rotatable bonds is 3. The standard InChI is InChI=1S/C11H11BrN2O4/c12-7-4-8(6-9(5-7)14(16)17)13-11(15)18-10-2-1-3-10/h4-6,10H,1-3H2,(H,13,15). The average Bonchev–Trinajstić information content (AvgIpc) is 2.22. The summed E-state index contributed by atoms with van der Waals surface area (Å²) in [5.41, 5.74) is 0.240. The molecule has 0 bridgehead atoms. The molecule has 2 rings (SSSR count). The molecule has 18 heavy (non-hydrogen) atoms. The van der Waals surface area contributed by atoms with E-state index in [1.165, 1.54) is 12.1 Å². The molecule has 0 spiro atoms. The number of ether oxygens (including phenoxy) is 1. The molecular formula is C11H11BrN2O4. The van der Waals surface area contributed by atoms with Crippen molar-refractivity contribution >= 4 is 33.4 Å². The van der Waals surface area contributed by atoms with Gasteiger partial charge in [0.25, 0.3) is 5.69 Å². The number of anilines is 1. The zero-order valence-electron chi connectivity index (χ0n) is 9.39. The van der Waals surface area contributed by atoms with Gasteiger partial charge in [0, 0.05) is 16.6 Å². The highest BCUT2D eigenvalue weighted by Gasteiger charge is 2.22. The van der Waals surface area contributed by atoms with Crippen LogP contribution in [0.3, 0.4) is 0 Å². The van der Waals surface area contributed by atoms with E-state index in [2.05, 4.69) is 21.2 Å². The van der Waals surface area contributed by atoms with Gasteiger partial charge in [0.1, 0.15) is 6.10 Å². The molecule has 1 saturated carbocycles. The van der Waals surface area contributed by atoms with Gasteiger partial charge >= 0.3 is 6.09 Å². The molecule has 1 fully saturated rings. The van der Waals surface area contributed by atoms with Crippen molar-refractivity contribution in [2.24, 2.45) is 0 Å². The molecule has 6 nitrogen and oxygen atoms in total. The van der Waals surface area contributed by atoms with E-state index in [4.69, 9.17) is 4.74 Å². The molecule has 0 atom stereocenters. The fraction of sp³-hybridized carbons (Fsp3) is 0.364. The van der Waals surface area contributed by atoms with Crippen LogP contribution in [0.1, 0.15) is 19.3 Å². The highest BCUT2D eigenvalue weighted by Crippen LogP contribution is 2.26. The Morgan fingerprint density at radius 2 is 2.17 bits per heavy atom. The van der Waals surface area contributed by atoms with E-state index in [9.17, 15) is 14.9 Å². The van der Waals surface area contributed by atoms with Crippen molar-refractivity contribution < 1.29 is 14.5 Å². The molecule has 96 valence electrons. The molecule has 1 aliphatic carbocycles.